The first-order valence-electron chi connectivity index (χ1n) is 11.0. The first-order chi connectivity index (χ1) is 16.3. The van der Waals surface area contributed by atoms with Crippen LogP contribution in [-0.2, 0) is 19.3 Å². The van der Waals surface area contributed by atoms with Gasteiger partial charge < -0.3 is 10.2 Å². The van der Waals surface area contributed by atoms with Gasteiger partial charge in [-0.1, -0.05) is 60.7 Å². The van der Waals surface area contributed by atoms with Crippen molar-refractivity contribution in [2.75, 3.05) is 18.4 Å². The Morgan fingerprint density at radius 3 is 2.26 bits per heavy atom. The lowest BCUT2D eigenvalue weighted by Gasteiger charge is -2.30. The minimum Gasteiger partial charge on any atom is -0.316 e. The van der Waals surface area contributed by atoms with E-state index in [1.807, 2.05) is 48.5 Å². The van der Waals surface area contributed by atoms with E-state index in [4.69, 9.17) is 0 Å². The van der Waals surface area contributed by atoms with Crippen molar-refractivity contribution in [2.24, 2.45) is 0 Å². The largest absolute Gasteiger partial charge is 0.419 e. The molecule has 1 fully saturated rings. The highest BCUT2D eigenvalue weighted by molar-refractivity contribution is 5.89. The summed E-state index contributed by atoms with van der Waals surface area (Å²) in [5, 5.41) is 2.55. The van der Waals surface area contributed by atoms with Gasteiger partial charge in [-0.3, -0.25) is 4.90 Å². The number of benzene rings is 3. The Kier molecular flexibility index (Phi) is 7.17. The van der Waals surface area contributed by atoms with E-state index < -0.39 is 23.6 Å². The Labute approximate surface area is 195 Å². The maximum Gasteiger partial charge on any atom is 0.419 e. The maximum absolute atomic E-state index is 13.7. The van der Waals surface area contributed by atoms with Crippen LogP contribution in [0.25, 0.3) is 0 Å². The summed E-state index contributed by atoms with van der Waals surface area (Å²) in [7, 11) is 0. The molecule has 2 amide bonds. The van der Waals surface area contributed by atoms with Crippen molar-refractivity contribution in [3.63, 3.8) is 0 Å². The summed E-state index contributed by atoms with van der Waals surface area (Å²) in [5.41, 5.74) is 0.577. The Morgan fingerprint density at radius 1 is 0.971 bits per heavy atom. The molecule has 0 aliphatic carbocycles. The number of alkyl halides is 3. The number of hydrogen-bond acceptors (Lipinski definition) is 2. The van der Waals surface area contributed by atoms with E-state index in [2.05, 4.69) is 22.3 Å². The average molecular weight is 471 g/mol. The number of anilines is 1. The Bertz CT molecular complexity index is 1110. The first kappa shape index (κ1) is 23.8. The van der Waals surface area contributed by atoms with Gasteiger partial charge in [0.15, 0.2) is 0 Å². The summed E-state index contributed by atoms with van der Waals surface area (Å²) in [6, 6.07) is 21.3. The van der Waals surface area contributed by atoms with E-state index in [1.54, 1.807) is 4.90 Å². The van der Waals surface area contributed by atoms with Crippen LogP contribution >= 0.6 is 0 Å². The van der Waals surface area contributed by atoms with Crippen molar-refractivity contribution in [3.05, 3.63) is 101 Å². The number of carbonyl (C=O) groups excluding carboxylic acids is 1. The molecule has 0 bridgehead atoms. The van der Waals surface area contributed by atoms with Crippen LogP contribution in [0.3, 0.4) is 0 Å². The first-order valence-corrected chi connectivity index (χ1v) is 11.0. The normalized spacial score (nSPS) is 16.4. The minimum atomic E-state index is -4.85. The molecule has 1 aliphatic rings. The number of rotatable bonds is 6. The van der Waals surface area contributed by atoms with Crippen molar-refractivity contribution >= 4 is 11.7 Å². The highest BCUT2D eigenvalue weighted by atomic mass is 19.4. The fourth-order valence-corrected chi connectivity index (χ4v) is 4.21. The Morgan fingerprint density at radius 2 is 1.62 bits per heavy atom. The lowest BCUT2D eigenvalue weighted by molar-refractivity contribution is -0.139. The molecule has 4 rings (SSSR count). The summed E-state index contributed by atoms with van der Waals surface area (Å²) < 4.78 is 53.0. The average Bonchev–Trinajstić information content (AvgIpc) is 3.27. The van der Waals surface area contributed by atoms with Crippen LogP contribution in [0.2, 0.25) is 0 Å². The Hall–Kier alpha value is -3.39. The fraction of sp³-hybridized carbons (Fsp3) is 0.269. The topological polar surface area (TPSA) is 35.6 Å². The monoisotopic (exact) mass is 471 g/mol. The molecular formula is C26H25F4N3O. The highest BCUT2D eigenvalue weighted by Gasteiger charge is 2.35. The van der Waals surface area contributed by atoms with E-state index in [9.17, 15) is 22.4 Å². The van der Waals surface area contributed by atoms with Crippen LogP contribution in [-0.4, -0.2) is 35.0 Å². The van der Waals surface area contributed by atoms with E-state index in [-0.39, 0.29) is 11.7 Å². The third-order valence-electron chi connectivity index (χ3n) is 5.92. The lowest BCUT2D eigenvalue weighted by Crippen LogP contribution is -2.43. The molecule has 1 unspecified atom stereocenters. The number of amides is 2. The quantitative estimate of drug-likeness (QED) is 0.438. The third-order valence-corrected chi connectivity index (χ3v) is 5.92. The van der Waals surface area contributed by atoms with Crippen LogP contribution < -0.4 is 5.32 Å². The van der Waals surface area contributed by atoms with Gasteiger partial charge in [0.2, 0.25) is 0 Å². The molecule has 8 heteroatoms. The van der Waals surface area contributed by atoms with Gasteiger partial charge in [-0.15, -0.1) is 0 Å². The van der Waals surface area contributed by atoms with Gasteiger partial charge in [0.25, 0.3) is 0 Å². The molecule has 0 radical (unpaired) electrons. The molecular weight excluding hydrogens is 446 g/mol. The molecule has 178 valence electrons. The lowest BCUT2D eigenvalue weighted by atomic mass is 10.1. The molecule has 1 aliphatic heterocycles. The van der Waals surface area contributed by atoms with Gasteiger partial charge in [-0.05, 0) is 35.7 Å². The molecule has 0 spiro atoms. The van der Waals surface area contributed by atoms with Crippen molar-refractivity contribution < 1.29 is 22.4 Å². The zero-order chi connectivity index (χ0) is 24.1. The molecule has 3 aromatic rings. The second-order valence-electron chi connectivity index (χ2n) is 8.40. The summed E-state index contributed by atoms with van der Waals surface area (Å²) in [5.74, 6) is -1.38. The molecule has 1 heterocycles. The van der Waals surface area contributed by atoms with Gasteiger partial charge in [0.05, 0.1) is 5.56 Å². The molecule has 1 N–H and O–H groups in total. The summed E-state index contributed by atoms with van der Waals surface area (Å²) >= 11 is 0. The van der Waals surface area contributed by atoms with Crippen molar-refractivity contribution in [2.45, 2.75) is 31.7 Å². The second-order valence-corrected chi connectivity index (χ2v) is 8.40. The Balaban J connectivity index is 1.51. The number of likely N-dealkylation sites (tertiary alicyclic amines) is 1. The van der Waals surface area contributed by atoms with Gasteiger partial charge in [-0.2, -0.15) is 13.2 Å². The summed E-state index contributed by atoms with van der Waals surface area (Å²) in [4.78, 5) is 17.1. The molecule has 1 atom stereocenters. The summed E-state index contributed by atoms with van der Waals surface area (Å²) in [6.07, 6.45) is -4.11. The van der Waals surface area contributed by atoms with Gasteiger partial charge >= 0.3 is 12.2 Å². The van der Waals surface area contributed by atoms with Crippen LogP contribution in [0.15, 0.2) is 78.9 Å². The predicted molar refractivity (Wildman–Crippen MR) is 123 cm³/mol. The van der Waals surface area contributed by atoms with Crippen molar-refractivity contribution in [3.8, 4) is 0 Å². The molecule has 3 aromatic carbocycles. The predicted octanol–water partition coefficient (Wildman–Crippen LogP) is 6.15. The SMILES string of the molecule is O=C(Nc1ccc(F)c(C(F)(F)F)c1)N(Cc1ccccc1)C1CCN(Cc2ccccc2)C1. The van der Waals surface area contributed by atoms with E-state index in [0.29, 0.717) is 19.2 Å². The zero-order valence-corrected chi connectivity index (χ0v) is 18.4. The number of urea groups is 1. The summed E-state index contributed by atoms with van der Waals surface area (Å²) in [6.45, 7) is 2.51. The van der Waals surface area contributed by atoms with Crippen LogP contribution in [0.1, 0.15) is 23.1 Å². The molecule has 34 heavy (non-hydrogen) atoms. The van der Waals surface area contributed by atoms with Gasteiger partial charge in [0.1, 0.15) is 5.82 Å². The van der Waals surface area contributed by atoms with E-state index in [1.165, 1.54) is 5.56 Å². The zero-order valence-electron chi connectivity index (χ0n) is 18.4. The van der Waals surface area contributed by atoms with Crippen LogP contribution in [0, 0.1) is 5.82 Å². The molecule has 0 aromatic heterocycles. The number of nitrogens with zero attached hydrogens (tertiary/aromatic N) is 2. The number of hydrogen-bond donors (Lipinski definition) is 1. The molecule has 0 saturated carbocycles. The van der Waals surface area contributed by atoms with Crippen LogP contribution in [0.5, 0.6) is 0 Å². The van der Waals surface area contributed by atoms with E-state index in [0.717, 1.165) is 37.2 Å². The molecule has 4 nitrogen and oxygen atoms in total. The third kappa shape index (κ3) is 5.94. The minimum absolute atomic E-state index is 0.101. The van der Waals surface area contributed by atoms with Gasteiger partial charge in [0, 0.05) is 37.9 Å². The highest BCUT2D eigenvalue weighted by Crippen LogP contribution is 2.33. The second kappa shape index (κ2) is 10.3. The number of nitrogens with one attached hydrogen (secondary N) is 1. The van der Waals surface area contributed by atoms with Crippen molar-refractivity contribution in [1.29, 1.82) is 0 Å². The molecule has 1 saturated heterocycles. The van der Waals surface area contributed by atoms with Gasteiger partial charge in [-0.25, -0.2) is 9.18 Å². The fourth-order valence-electron chi connectivity index (χ4n) is 4.21. The standard InChI is InChI=1S/C26H25F4N3O/c27-24-12-11-21(15-23(24)26(28,29)30)31-25(34)33(17-20-9-5-2-6-10-20)22-13-14-32(18-22)16-19-7-3-1-4-8-19/h1-12,15,22H,13-14,16-18H2,(H,31,34). The van der Waals surface area contributed by atoms with E-state index >= 15 is 0 Å². The van der Waals surface area contributed by atoms with Crippen molar-refractivity contribution in [1.82, 2.24) is 9.80 Å². The maximum atomic E-state index is 13.7. The van der Waals surface area contributed by atoms with Crippen LogP contribution in [0.4, 0.5) is 28.0 Å². The smallest absolute Gasteiger partial charge is 0.316 e. The number of carbonyl (C=O) groups is 1. The number of halogens is 4.